The van der Waals surface area contributed by atoms with Crippen molar-refractivity contribution in [3.8, 4) is 0 Å². The average molecular weight is 557 g/mol. The molecule has 0 bridgehead atoms. The lowest BCUT2D eigenvalue weighted by molar-refractivity contribution is -0.113. The molecular weight excluding hydrogens is 537 g/mol. The van der Waals surface area contributed by atoms with Crippen LogP contribution in [0.2, 0.25) is 15.1 Å². The van der Waals surface area contributed by atoms with Crippen molar-refractivity contribution >= 4 is 64.1 Å². The predicted molar refractivity (Wildman–Crippen MR) is 147 cm³/mol. The van der Waals surface area contributed by atoms with Gasteiger partial charge in [0.2, 0.25) is 11.1 Å². The summed E-state index contributed by atoms with van der Waals surface area (Å²) >= 11 is 21.0. The first-order valence-corrected chi connectivity index (χ1v) is 13.1. The smallest absolute Gasteiger partial charge is 0.255 e. The molecule has 1 atom stereocenters. The molecule has 3 aromatic carbocycles. The third kappa shape index (κ3) is 4.97. The molecule has 1 unspecified atom stereocenters. The summed E-state index contributed by atoms with van der Waals surface area (Å²) in [6, 6.07) is 21.5. The minimum atomic E-state index is -0.687. The lowest BCUT2D eigenvalue weighted by atomic mass is 9.94. The minimum absolute atomic E-state index is 0.293. The fourth-order valence-electron chi connectivity index (χ4n) is 4.00. The number of anilines is 2. The first-order chi connectivity index (χ1) is 17.4. The lowest BCUT2D eigenvalue weighted by Crippen LogP contribution is -2.31. The Labute approximate surface area is 227 Å². The van der Waals surface area contributed by atoms with E-state index in [2.05, 4.69) is 15.6 Å². The van der Waals surface area contributed by atoms with Crippen LogP contribution in [0.5, 0.6) is 0 Å². The topological polar surface area (TPSA) is 71.8 Å². The molecule has 0 saturated heterocycles. The number of nitrogens with one attached hydrogen (secondary N) is 2. The van der Waals surface area contributed by atoms with Gasteiger partial charge in [-0.3, -0.25) is 4.79 Å². The molecule has 0 spiro atoms. The number of amides is 1. The third-order valence-electron chi connectivity index (χ3n) is 5.70. The molecule has 0 fully saturated rings. The van der Waals surface area contributed by atoms with Crippen molar-refractivity contribution < 1.29 is 4.79 Å². The molecule has 4 aromatic rings. The number of carbonyl (C=O) groups excluding carboxylic acids is 1. The second-order valence-corrected chi connectivity index (χ2v) is 10.2. The first kappa shape index (κ1) is 24.7. The van der Waals surface area contributed by atoms with Crippen LogP contribution in [0.15, 0.2) is 89.2 Å². The Bertz CT molecular complexity index is 1450. The van der Waals surface area contributed by atoms with Crippen molar-refractivity contribution in [2.24, 2.45) is 0 Å². The number of thioether (sulfide) groups is 1. The Balaban J connectivity index is 1.54. The highest BCUT2D eigenvalue weighted by atomic mass is 35.5. The summed E-state index contributed by atoms with van der Waals surface area (Å²) in [5.74, 6) is 0.791. The van der Waals surface area contributed by atoms with Crippen LogP contribution >= 0.6 is 46.6 Å². The van der Waals surface area contributed by atoms with E-state index in [1.54, 1.807) is 22.9 Å². The zero-order valence-electron chi connectivity index (χ0n) is 19.0. The van der Waals surface area contributed by atoms with Gasteiger partial charge in [-0.05, 0) is 42.8 Å². The molecule has 1 aromatic heterocycles. The van der Waals surface area contributed by atoms with E-state index in [0.717, 1.165) is 5.56 Å². The van der Waals surface area contributed by atoms with Gasteiger partial charge in [0.05, 0.1) is 5.57 Å². The van der Waals surface area contributed by atoms with Crippen LogP contribution in [0.25, 0.3) is 0 Å². The summed E-state index contributed by atoms with van der Waals surface area (Å²) in [6.07, 6.45) is 0. The number of aromatic nitrogens is 3. The van der Waals surface area contributed by atoms with E-state index in [0.29, 0.717) is 54.4 Å². The number of carbonyl (C=O) groups is 1. The molecule has 10 heteroatoms. The first-order valence-electron chi connectivity index (χ1n) is 11.0. The van der Waals surface area contributed by atoms with Gasteiger partial charge in [-0.1, -0.05) is 89.0 Å². The zero-order chi connectivity index (χ0) is 25.2. The summed E-state index contributed by atoms with van der Waals surface area (Å²) < 4.78 is 1.66. The van der Waals surface area contributed by atoms with Crippen LogP contribution in [-0.2, 0) is 10.5 Å². The van der Waals surface area contributed by atoms with E-state index in [-0.39, 0.29) is 5.91 Å². The minimum Gasteiger partial charge on any atom is -0.328 e. The van der Waals surface area contributed by atoms with Crippen molar-refractivity contribution in [1.29, 1.82) is 0 Å². The number of rotatable bonds is 6. The molecule has 1 amide bonds. The standard InChI is InChI=1S/C26H20Cl3N5OS/c1-15-21(24(35)31-17-9-3-2-4-10-17)23(22-19(28)12-7-13-20(22)29)34-25(30-15)32-26(33-34)36-14-16-8-5-6-11-18(16)27/h2-13,23H,14H2,1H3,(H,31,35)(H,30,32,33). The fourth-order valence-corrected chi connectivity index (χ4v) is 5.72. The van der Waals surface area contributed by atoms with Gasteiger partial charge in [-0.25, -0.2) is 4.68 Å². The van der Waals surface area contributed by atoms with Crippen LogP contribution in [0.4, 0.5) is 11.6 Å². The van der Waals surface area contributed by atoms with Gasteiger partial charge in [0.25, 0.3) is 5.91 Å². The highest BCUT2D eigenvalue weighted by Crippen LogP contribution is 2.42. The monoisotopic (exact) mass is 555 g/mol. The summed E-state index contributed by atoms with van der Waals surface area (Å²) in [7, 11) is 0. The Kier molecular flexibility index (Phi) is 7.25. The maximum atomic E-state index is 13.6. The molecule has 36 heavy (non-hydrogen) atoms. The molecule has 1 aliphatic rings. The summed E-state index contributed by atoms with van der Waals surface area (Å²) in [5, 5.41) is 13.0. The van der Waals surface area contributed by atoms with Gasteiger partial charge >= 0.3 is 0 Å². The number of hydrogen-bond acceptors (Lipinski definition) is 5. The molecule has 6 nitrogen and oxygen atoms in total. The summed E-state index contributed by atoms with van der Waals surface area (Å²) in [4.78, 5) is 18.2. The Morgan fingerprint density at radius 1 is 0.972 bits per heavy atom. The highest BCUT2D eigenvalue weighted by Gasteiger charge is 2.36. The number of benzene rings is 3. The predicted octanol–water partition coefficient (Wildman–Crippen LogP) is 7.46. The molecular formula is C26H20Cl3N5OS. The number of allylic oxidation sites excluding steroid dienone is 1. The van der Waals surface area contributed by atoms with Crippen LogP contribution in [0.3, 0.4) is 0 Å². The molecule has 1 aliphatic heterocycles. The number of halogens is 3. The van der Waals surface area contributed by atoms with Gasteiger partial charge < -0.3 is 10.6 Å². The number of hydrogen-bond donors (Lipinski definition) is 2. The van der Waals surface area contributed by atoms with Gasteiger partial charge in [-0.2, -0.15) is 4.98 Å². The van der Waals surface area contributed by atoms with Crippen molar-refractivity contribution in [2.75, 3.05) is 10.6 Å². The van der Waals surface area contributed by atoms with Crippen molar-refractivity contribution in [3.63, 3.8) is 0 Å². The largest absolute Gasteiger partial charge is 0.328 e. The zero-order valence-corrected chi connectivity index (χ0v) is 22.1. The lowest BCUT2D eigenvalue weighted by Gasteiger charge is -2.29. The molecule has 182 valence electrons. The molecule has 2 N–H and O–H groups in total. The Morgan fingerprint density at radius 2 is 1.64 bits per heavy atom. The number of nitrogens with zero attached hydrogens (tertiary/aromatic N) is 3. The van der Waals surface area contributed by atoms with Crippen LogP contribution in [-0.4, -0.2) is 20.7 Å². The van der Waals surface area contributed by atoms with Gasteiger partial charge in [0.1, 0.15) is 6.04 Å². The maximum Gasteiger partial charge on any atom is 0.255 e. The molecule has 2 heterocycles. The van der Waals surface area contributed by atoms with E-state index in [1.165, 1.54) is 11.8 Å². The van der Waals surface area contributed by atoms with Crippen molar-refractivity contribution in [3.05, 3.63) is 110 Å². The number of fused-ring (bicyclic) bond motifs is 1. The van der Waals surface area contributed by atoms with Crippen molar-refractivity contribution in [1.82, 2.24) is 14.8 Å². The fraction of sp³-hybridized carbons (Fsp3) is 0.115. The van der Waals surface area contributed by atoms with E-state index in [9.17, 15) is 4.79 Å². The van der Waals surface area contributed by atoms with Crippen LogP contribution in [0.1, 0.15) is 24.1 Å². The summed E-state index contributed by atoms with van der Waals surface area (Å²) in [6.45, 7) is 1.83. The third-order valence-corrected chi connectivity index (χ3v) is 7.61. The second kappa shape index (κ2) is 10.6. The molecule has 5 rings (SSSR count). The van der Waals surface area contributed by atoms with Crippen LogP contribution < -0.4 is 10.6 Å². The van der Waals surface area contributed by atoms with Gasteiger partial charge in [0, 0.05) is 37.8 Å². The Morgan fingerprint density at radius 3 is 2.36 bits per heavy atom. The van der Waals surface area contributed by atoms with Crippen LogP contribution in [0, 0.1) is 0 Å². The molecule has 0 radical (unpaired) electrons. The summed E-state index contributed by atoms with van der Waals surface area (Å²) in [5.41, 5.74) is 3.30. The highest BCUT2D eigenvalue weighted by molar-refractivity contribution is 7.98. The van der Waals surface area contributed by atoms with Crippen molar-refractivity contribution in [2.45, 2.75) is 23.9 Å². The Hall–Kier alpha value is -2.97. The second-order valence-electron chi connectivity index (χ2n) is 8.06. The quantitative estimate of drug-likeness (QED) is 0.241. The maximum absolute atomic E-state index is 13.6. The van der Waals surface area contributed by atoms with Gasteiger partial charge in [0.15, 0.2) is 0 Å². The SMILES string of the molecule is CC1=C(C(=O)Nc2ccccc2)C(c2c(Cl)cccc2Cl)n2nc(SCc3ccccc3Cl)nc2N1. The van der Waals surface area contributed by atoms with E-state index < -0.39 is 6.04 Å². The number of para-hydroxylation sites is 1. The van der Waals surface area contributed by atoms with E-state index in [4.69, 9.17) is 39.9 Å². The molecule has 0 aliphatic carbocycles. The molecule has 0 saturated carbocycles. The van der Waals surface area contributed by atoms with E-state index in [1.807, 2.05) is 61.5 Å². The average Bonchev–Trinajstić information content (AvgIpc) is 3.26. The van der Waals surface area contributed by atoms with Gasteiger partial charge in [-0.15, -0.1) is 5.10 Å². The normalized spacial score (nSPS) is 14.8. The van der Waals surface area contributed by atoms with E-state index >= 15 is 0 Å².